The average Bonchev–Trinajstić information content (AvgIpc) is 2.79. The molecule has 6 nitrogen and oxygen atoms in total. The minimum absolute atomic E-state index is 0.294. The summed E-state index contributed by atoms with van der Waals surface area (Å²) in [7, 11) is 2.43. The van der Waals surface area contributed by atoms with Gasteiger partial charge in [-0.25, -0.2) is 20.1 Å². The van der Waals surface area contributed by atoms with Gasteiger partial charge in [-0.2, -0.15) is 0 Å². The molecule has 1 amide bonds. The molecule has 0 saturated heterocycles. The second-order valence-corrected chi connectivity index (χ2v) is 9.63. The van der Waals surface area contributed by atoms with Gasteiger partial charge in [-0.15, -0.1) is 0 Å². The molecule has 0 N–H and O–H groups in total. The quantitative estimate of drug-likeness (QED) is 0.559. The van der Waals surface area contributed by atoms with Crippen LogP contribution in [0.1, 0.15) is 10.6 Å². The van der Waals surface area contributed by atoms with Crippen LogP contribution in [-0.4, -0.2) is 65.8 Å². The summed E-state index contributed by atoms with van der Waals surface area (Å²) >= 11 is 0. The standard InChI is InChI=1S/C12H23N3O3S/c1-14(17-2)12(16)11-13-6-7-15(11)10-18-8-9-19(3,4)5/h6-7H,8-10H2,1-5H3. The number of amides is 1. The van der Waals surface area contributed by atoms with Crippen LogP contribution < -0.4 is 0 Å². The van der Waals surface area contributed by atoms with Crippen LogP contribution in [0.3, 0.4) is 0 Å². The van der Waals surface area contributed by atoms with E-state index >= 15 is 0 Å². The topological polar surface area (TPSA) is 56.6 Å². The number of hydrogen-bond acceptors (Lipinski definition) is 4. The van der Waals surface area contributed by atoms with Crippen molar-refractivity contribution >= 4 is 15.9 Å². The van der Waals surface area contributed by atoms with Crippen molar-refractivity contribution in [3.63, 3.8) is 0 Å². The lowest BCUT2D eigenvalue weighted by Crippen LogP contribution is -2.28. The van der Waals surface area contributed by atoms with Crippen LogP contribution in [0.4, 0.5) is 0 Å². The van der Waals surface area contributed by atoms with Gasteiger partial charge in [-0.3, -0.25) is 9.63 Å². The average molecular weight is 289 g/mol. The zero-order valence-corrected chi connectivity index (χ0v) is 13.1. The van der Waals surface area contributed by atoms with Crippen LogP contribution in [0.15, 0.2) is 12.4 Å². The summed E-state index contributed by atoms with van der Waals surface area (Å²) in [6.07, 6.45) is 10.0. The predicted octanol–water partition coefficient (Wildman–Crippen LogP) is 1.18. The number of nitrogens with zero attached hydrogens (tertiary/aromatic N) is 3. The van der Waals surface area contributed by atoms with E-state index in [0.29, 0.717) is 19.2 Å². The molecule has 0 atom stereocenters. The van der Waals surface area contributed by atoms with Crippen molar-refractivity contribution in [2.24, 2.45) is 0 Å². The molecular formula is C12H23N3O3S. The molecular weight excluding hydrogens is 266 g/mol. The summed E-state index contributed by atoms with van der Waals surface area (Å²) in [5, 5.41) is 1.14. The Morgan fingerprint density at radius 3 is 2.74 bits per heavy atom. The Kier molecular flexibility index (Phi) is 5.84. The van der Waals surface area contributed by atoms with Gasteiger partial charge in [-0.1, -0.05) is 0 Å². The summed E-state index contributed by atoms with van der Waals surface area (Å²) in [6, 6.07) is 0. The van der Waals surface area contributed by atoms with Gasteiger partial charge >= 0.3 is 5.91 Å². The number of rotatable bonds is 7. The van der Waals surface area contributed by atoms with E-state index in [1.54, 1.807) is 24.0 Å². The van der Waals surface area contributed by atoms with E-state index in [1.165, 1.54) is 7.11 Å². The summed E-state index contributed by atoms with van der Waals surface area (Å²) in [4.78, 5) is 20.8. The highest BCUT2D eigenvalue weighted by Gasteiger charge is 2.17. The maximum atomic E-state index is 11.9. The number of carbonyl (C=O) groups is 1. The van der Waals surface area contributed by atoms with Crippen LogP contribution >= 0.6 is 10.0 Å². The molecule has 1 heterocycles. The van der Waals surface area contributed by atoms with Crippen molar-refractivity contribution in [3.8, 4) is 0 Å². The summed E-state index contributed by atoms with van der Waals surface area (Å²) < 4.78 is 7.27. The molecule has 0 saturated carbocycles. The molecule has 0 radical (unpaired) electrons. The van der Waals surface area contributed by atoms with Crippen molar-refractivity contribution in [1.82, 2.24) is 14.6 Å². The minimum Gasteiger partial charge on any atom is -0.360 e. The third-order valence-electron chi connectivity index (χ3n) is 2.54. The van der Waals surface area contributed by atoms with Crippen LogP contribution in [0.2, 0.25) is 0 Å². The van der Waals surface area contributed by atoms with Crippen molar-refractivity contribution in [1.29, 1.82) is 0 Å². The van der Waals surface area contributed by atoms with Crippen molar-refractivity contribution < 1.29 is 14.4 Å². The van der Waals surface area contributed by atoms with Crippen molar-refractivity contribution in [2.75, 3.05) is 45.3 Å². The van der Waals surface area contributed by atoms with Crippen LogP contribution in [0.5, 0.6) is 0 Å². The molecule has 0 aliphatic rings. The third-order valence-corrected chi connectivity index (χ3v) is 3.93. The fraction of sp³-hybridized carbons (Fsp3) is 0.667. The number of ether oxygens (including phenoxy) is 1. The maximum Gasteiger partial charge on any atom is 0.313 e. The first-order valence-corrected chi connectivity index (χ1v) is 8.95. The molecule has 1 rings (SSSR count). The first-order chi connectivity index (χ1) is 8.85. The molecule has 1 aromatic heterocycles. The molecule has 1 aromatic rings. The highest BCUT2D eigenvalue weighted by molar-refractivity contribution is 8.32. The third kappa shape index (κ3) is 5.22. The highest BCUT2D eigenvalue weighted by Crippen LogP contribution is 2.33. The van der Waals surface area contributed by atoms with Crippen LogP contribution in [0.25, 0.3) is 0 Å². The van der Waals surface area contributed by atoms with Gasteiger partial charge in [0.1, 0.15) is 6.73 Å². The molecule has 7 heteroatoms. The second-order valence-electron chi connectivity index (χ2n) is 5.04. The molecule has 19 heavy (non-hydrogen) atoms. The number of hydroxylamine groups is 2. The lowest BCUT2D eigenvalue weighted by Gasteiger charge is -2.24. The number of imidazole rings is 1. The number of carbonyl (C=O) groups excluding carboxylic acids is 1. The summed E-state index contributed by atoms with van der Waals surface area (Å²) in [5.74, 6) is 1.06. The smallest absolute Gasteiger partial charge is 0.313 e. The number of hydrogen-bond donors (Lipinski definition) is 0. The largest absolute Gasteiger partial charge is 0.360 e. The second kappa shape index (κ2) is 6.93. The molecule has 0 aromatic carbocycles. The fourth-order valence-corrected chi connectivity index (χ4v) is 1.92. The Morgan fingerprint density at radius 1 is 1.47 bits per heavy atom. The van der Waals surface area contributed by atoms with E-state index in [-0.39, 0.29) is 5.91 Å². The monoisotopic (exact) mass is 289 g/mol. The van der Waals surface area contributed by atoms with Crippen LogP contribution in [-0.2, 0) is 16.3 Å². The normalized spacial score (nSPS) is 12.5. The SMILES string of the molecule is CON(C)C(=O)c1nccn1COCCS(C)(C)C. The number of aromatic nitrogens is 2. The van der Waals surface area contributed by atoms with Gasteiger partial charge in [0, 0.05) is 25.2 Å². The maximum absolute atomic E-state index is 11.9. The molecule has 0 aliphatic carbocycles. The highest BCUT2D eigenvalue weighted by atomic mass is 32.3. The van der Waals surface area contributed by atoms with Crippen molar-refractivity contribution in [3.05, 3.63) is 18.2 Å². The van der Waals surface area contributed by atoms with E-state index in [0.717, 1.165) is 10.8 Å². The van der Waals surface area contributed by atoms with Crippen molar-refractivity contribution in [2.45, 2.75) is 6.73 Å². The predicted molar refractivity (Wildman–Crippen MR) is 77.5 cm³/mol. The van der Waals surface area contributed by atoms with Gasteiger partial charge in [0.2, 0.25) is 5.82 Å². The Hall–Kier alpha value is -1.05. The summed E-state index contributed by atoms with van der Waals surface area (Å²) in [5.41, 5.74) is 0. The summed E-state index contributed by atoms with van der Waals surface area (Å²) in [6.45, 7) is 1.01. The van der Waals surface area contributed by atoms with Gasteiger partial charge in [0.25, 0.3) is 0 Å². The molecule has 0 spiro atoms. The minimum atomic E-state index is -0.554. The molecule has 0 unspecified atom stereocenters. The lowest BCUT2D eigenvalue weighted by molar-refractivity contribution is -0.0770. The van der Waals surface area contributed by atoms with Gasteiger partial charge in [0.05, 0.1) is 13.7 Å². The van der Waals surface area contributed by atoms with E-state index in [4.69, 9.17) is 9.57 Å². The van der Waals surface area contributed by atoms with E-state index < -0.39 is 10.0 Å². The molecule has 0 bridgehead atoms. The Bertz CT molecular complexity index is 415. The van der Waals surface area contributed by atoms with Gasteiger partial charge in [0.15, 0.2) is 0 Å². The van der Waals surface area contributed by atoms with Gasteiger partial charge < -0.3 is 9.30 Å². The van der Waals surface area contributed by atoms with E-state index in [1.807, 2.05) is 0 Å². The molecule has 110 valence electrons. The van der Waals surface area contributed by atoms with E-state index in [9.17, 15) is 4.79 Å². The molecule has 0 aliphatic heterocycles. The van der Waals surface area contributed by atoms with E-state index in [2.05, 4.69) is 23.8 Å². The Labute approximate surface area is 116 Å². The zero-order chi connectivity index (χ0) is 14.5. The zero-order valence-electron chi connectivity index (χ0n) is 12.3. The van der Waals surface area contributed by atoms with Gasteiger partial charge in [-0.05, 0) is 18.8 Å². The Balaban J connectivity index is 2.52. The first kappa shape index (κ1) is 16.0. The Morgan fingerprint density at radius 2 is 2.16 bits per heavy atom. The first-order valence-electron chi connectivity index (χ1n) is 5.92. The van der Waals surface area contributed by atoms with Crippen LogP contribution in [0, 0.1) is 0 Å². The fourth-order valence-electron chi connectivity index (χ4n) is 1.31. The molecule has 0 fully saturated rings. The lowest BCUT2D eigenvalue weighted by atomic mass is 10.5.